The number of urea groups is 1. The highest BCUT2D eigenvalue weighted by atomic mass is 32.2. The molecule has 2 heterocycles. The van der Waals surface area contributed by atoms with Crippen molar-refractivity contribution in [1.29, 1.82) is 0 Å². The van der Waals surface area contributed by atoms with Crippen molar-refractivity contribution in [2.45, 2.75) is 24.5 Å². The number of carboxylic acids is 1. The Hall–Kier alpha value is -0.990. The SMILES string of the molecule is CN(CC1(O)CCOCC1)C(=O)N1CSCC1C(=O)O. The molecule has 0 aromatic carbocycles. The highest BCUT2D eigenvalue weighted by Crippen LogP contribution is 2.25. The van der Waals surface area contributed by atoms with Gasteiger partial charge in [0.25, 0.3) is 0 Å². The van der Waals surface area contributed by atoms with Crippen LogP contribution >= 0.6 is 11.8 Å². The molecule has 2 amide bonds. The minimum atomic E-state index is -0.985. The molecule has 2 saturated heterocycles. The van der Waals surface area contributed by atoms with E-state index in [1.54, 1.807) is 7.05 Å². The highest BCUT2D eigenvalue weighted by molar-refractivity contribution is 7.99. The smallest absolute Gasteiger partial charge is 0.327 e. The lowest BCUT2D eigenvalue weighted by Crippen LogP contribution is -2.53. The largest absolute Gasteiger partial charge is 0.480 e. The number of thioether (sulfide) groups is 1. The first kappa shape index (κ1) is 15.4. The number of amides is 2. The predicted molar refractivity (Wildman–Crippen MR) is 73.6 cm³/mol. The molecular weight excluding hydrogens is 284 g/mol. The van der Waals surface area contributed by atoms with Gasteiger partial charge >= 0.3 is 12.0 Å². The number of nitrogens with zero attached hydrogens (tertiary/aromatic N) is 2. The number of likely N-dealkylation sites (N-methyl/N-ethyl adjacent to an activating group) is 1. The summed E-state index contributed by atoms with van der Waals surface area (Å²) in [6.07, 6.45) is 0.976. The maximum absolute atomic E-state index is 12.3. The molecule has 0 spiro atoms. The molecule has 20 heavy (non-hydrogen) atoms. The first-order chi connectivity index (χ1) is 9.43. The van der Waals surface area contributed by atoms with Gasteiger partial charge < -0.3 is 24.7 Å². The van der Waals surface area contributed by atoms with E-state index >= 15 is 0 Å². The van der Waals surface area contributed by atoms with Crippen LogP contribution in [-0.4, -0.2) is 82.1 Å². The molecule has 8 heteroatoms. The third-order valence-electron chi connectivity index (χ3n) is 3.69. The molecule has 7 nitrogen and oxygen atoms in total. The molecule has 2 fully saturated rings. The minimum absolute atomic E-state index is 0.197. The summed E-state index contributed by atoms with van der Waals surface area (Å²) >= 11 is 1.42. The van der Waals surface area contributed by atoms with Crippen LogP contribution in [0.25, 0.3) is 0 Å². The summed E-state index contributed by atoms with van der Waals surface area (Å²) in [5, 5.41) is 19.5. The van der Waals surface area contributed by atoms with E-state index in [4.69, 9.17) is 9.84 Å². The van der Waals surface area contributed by atoms with E-state index in [0.29, 0.717) is 37.7 Å². The molecule has 1 atom stereocenters. The maximum atomic E-state index is 12.3. The molecule has 0 aromatic rings. The van der Waals surface area contributed by atoms with Gasteiger partial charge in [0.2, 0.25) is 0 Å². The van der Waals surface area contributed by atoms with E-state index in [2.05, 4.69) is 0 Å². The summed E-state index contributed by atoms with van der Waals surface area (Å²) < 4.78 is 5.20. The van der Waals surface area contributed by atoms with Crippen molar-refractivity contribution < 1.29 is 24.5 Å². The van der Waals surface area contributed by atoms with Crippen molar-refractivity contribution in [3.05, 3.63) is 0 Å². The van der Waals surface area contributed by atoms with Crippen LogP contribution in [0.15, 0.2) is 0 Å². The number of rotatable bonds is 3. The first-order valence-electron chi connectivity index (χ1n) is 6.55. The lowest BCUT2D eigenvalue weighted by Gasteiger charge is -2.37. The van der Waals surface area contributed by atoms with E-state index < -0.39 is 17.6 Å². The van der Waals surface area contributed by atoms with Crippen LogP contribution < -0.4 is 0 Å². The lowest BCUT2D eigenvalue weighted by molar-refractivity contribution is -0.141. The van der Waals surface area contributed by atoms with Crippen LogP contribution in [0.1, 0.15) is 12.8 Å². The van der Waals surface area contributed by atoms with E-state index in [1.165, 1.54) is 21.6 Å². The molecule has 2 rings (SSSR count). The topological polar surface area (TPSA) is 90.3 Å². The van der Waals surface area contributed by atoms with Crippen molar-refractivity contribution in [1.82, 2.24) is 9.80 Å². The Balaban J connectivity index is 1.96. The van der Waals surface area contributed by atoms with Gasteiger partial charge in [-0.15, -0.1) is 11.8 Å². The Morgan fingerprint density at radius 1 is 1.45 bits per heavy atom. The molecule has 0 aromatic heterocycles. The molecule has 114 valence electrons. The number of ether oxygens (including phenoxy) is 1. The van der Waals surface area contributed by atoms with Gasteiger partial charge in [-0.25, -0.2) is 9.59 Å². The summed E-state index contributed by atoms with van der Waals surface area (Å²) in [6, 6.07) is -1.12. The Morgan fingerprint density at radius 2 is 2.10 bits per heavy atom. The van der Waals surface area contributed by atoms with Gasteiger partial charge in [0, 0.05) is 38.9 Å². The Kier molecular flexibility index (Phi) is 4.77. The monoisotopic (exact) mass is 304 g/mol. The number of hydrogen-bond acceptors (Lipinski definition) is 5. The van der Waals surface area contributed by atoms with Gasteiger partial charge in [0.15, 0.2) is 0 Å². The number of carbonyl (C=O) groups excluding carboxylic acids is 1. The molecular formula is C12H20N2O5S. The van der Waals surface area contributed by atoms with Crippen molar-refractivity contribution >= 4 is 23.8 Å². The zero-order valence-electron chi connectivity index (χ0n) is 11.4. The first-order valence-corrected chi connectivity index (χ1v) is 7.71. The van der Waals surface area contributed by atoms with Crippen LogP contribution in [0.2, 0.25) is 0 Å². The summed E-state index contributed by atoms with van der Waals surface area (Å²) in [7, 11) is 1.59. The van der Waals surface area contributed by atoms with Gasteiger partial charge in [-0.1, -0.05) is 0 Å². The molecule has 0 bridgehead atoms. The highest BCUT2D eigenvalue weighted by Gasteiger charge is 2.38. The normalized spacial score (nSPS) is 25.5. The number of aliphatic hydroxyl groups is 1. The molecule has 2 aliphatic rings. The Morgan fingerprint density at radius 3 is 2.70 bits per heavy atom. The second-order valence-electron chi connectivity index (χ2n) is 5.30. The van der Waals surface area contributed by atoms with Crippen LogP contribution in [0.4, 0.5) is 4.79 Å². The van der Waals surface area contributed by atoms with Crippen LogP contribution in [0.3, 0.4) is 0 Å². The standard InChI is InChI=1S/C12H20N2O5S/c1-13(7-12(18)2-4-19-5-3-12)11(17)14-8-20-6-9(14)10(15)16/h9,18H,2-8H2,1H3,(H,15,16). The van der Waals surface area contributed by atoms with E-state index in [1.807, 2.05) is 0 Å². The van der Waals surface area contributed by atoms with Crippen molar-refractivity contribution in [3.8, 4) is 0 Å². The molecule has 2 N–H and O–H groups in total. The molecule has 0 radical (unpaired) electrons. The number of aliphatic carboxylic acids is 1. The third kappa shape index (κ3) is 3.36. The van der Waals surface area contributed by atoms with E-state index in [0.717, 1.165) is 0 Å². The molecule has 2 aliphatic heterocycles. The molecule has 0 saturated carbocycles. The van der Waals surface area contributed by atoms with Gasteiger partial charge in [-0.3, -0.25) is 0 Å². The zero-order valence-corrected chi connectivity index (χ0v) is 12.3. The van der Waals surface area contributed by atoms with Gasteiger partial charge in [-0.2, -0.15) is 0 Å². The quantitative estimate of drug-likeness (QED) is 0.765. The van der Waals surface area contributed by atoms with Gasteiger partial charge in [0.1, 0.15) is 6.04 Å². The minimum Gasteiger partial charge on any atom is -0.480 e. The molecule has 0 aliphatic carbocycles. The van der Waals surface area contributed by atoms with Crippen molar-refractivity contribution in [2.75, 3.05) is 38.4 Å². The zero-order chi connectivity index (χ0) is 14.8. The van der Waals surface area contributed by atoms with Crippen molar-refractivity contribution in [2.24, 2.45) is 0 Å². The second kappa shape index (κ2) is 6.19. The fourth-order valence-electron chi connectivity index (χ4n) is 2.47. The predicted octanol–water partition coefficient (Wildman–Crippen LogP) is 0.0392. The Bertz CT molecular complexity index is 386. The summed E-state index contributed by atoms with van der Waals surface area (Å²) in [5.41, 5.74) is -0.936. The number of carboxylic acid groups (broad SMARTS) is 1. The maximum Gasteiger partial charge on any atom is 0.327 e. The fourth-order valence-corrected chi connectivity index (χ4v) is 3.61. The summed E-state index contributed by atoms with van der Waals surface area (Å²) in [4.78, 5) is 26.2. The summed E-state index contributed by atoms with van der Waals surface area (Å²) in [6.45, 7) is 1.16. The number of hydrogen-bond donors (Lipinski definition) is 2. The lowest BCUT2D eigenvalue weighted by atomic mass is 9.94. The fraction of sp³-hybridized carbons (Fsp3) is 0.833. The van der Waals surface area contributed by atoms with E-state index in [9.17, 15) is 14.7 Å². The second-order valence-corrected chi connectivity index (χ2v) is 6.30. The van der Waals surface area contributed by atoms with Crippen molar-refractivity contribution in [3.63, 3.8) is 0 Å². The average molecular weight is 304 g/mol. The Labute approximate surface area is 121 Å². The molecule has 1 unspecified atom stereocenters. The summed E-state index contributed by atoms with van der Waals surface area (Å²) in [5.74, 6) is -0.198. The average Bonchev–Trinajstić information content (AvgIpc) is 2.87. The van der Waals surface area contributed by atoms with Crippen LogP contribution in [0, 0.1) is 0 Å². The van der Waals surface area contributed by atoms with Gasteiger partial charge in [-0.05, 0) is 0 Å². The van der Waals surface area contributed by atoms with Crippen LogP contribution in [-0.2, 0) is 9.53 Å². The third-order valence-corrected chi connectivity index (χ3v) is 4.71. The van der Waals surface area contributed by atoms with Crippen LogP contribution in [0.5, 0.6) is 0 Å². The van der Waals surface area contributed by atoms with E-state index in [-0.39, 0.29) is 12.6 Å². The van der Waals surface area contributed by atoms with Gasteiger partial charge in [0.05, 0.1) is 18.0 Å². The number of carbonyl (C=O) groups is 2.